The fraction of sp³-hybridized carbons (Fsp3) is 0.208. The summed E-state index contributed by atoms with van der Waals surface area (Å²) >= 11 is 0. The highest BCUT2D eigenvalue weighted by Crippen LogP contribution is 2.29. The van der Waals surface area contributed by atoms with Gasteiger partial charge in [-0.3, -0.25) is 14.4 Å². The summed E-state index contributed by atoms with van der Waals surface area (Å²) < 4.78 is 42.6. The zero-order valence-electron chi connectivity index (χ0n) is 17.6. The maximum atomic E-state index is 12.6. The number of carbonyl (C=O) groups is 3. The van der Waals surface area contributed by atoms with Crippen molar-refractivity contribution in [3.8, 4) is 0 Å². The average molecular weight is 458 g/mol. The molecule has 0 heterocycles. The van der Waals surface area contributed by atoms with Crippen molar-refractivity contribution in [3.05, 3.63) is 83.4 Å². The second-order valence-electron chi connectivity index (χ2n) is 7.28. The van der Waals surface area contributed by atoms with Gasteiger partial charge in [0.05, 0.1) is 11.6 Å². The topological polar surface area (TPSA) is 84.5 Å². The van der Waals surface area contributed by atoms with E-state index in [0.29, 0.717) is 0 Å². The highest BCUT2D eigenvalue weighted by molar-refractivity contribution is 5.96. The Labute approximate surface area is 187 Å². The van der Waals surface area contributed by atoms with E-state index < -0.39 is 42.7 Å². The summed E-state index contributed by atoms with van der Waals surface area (Å²) in [5, 5.41) is 7.03. The Morgan fingerprint density at radius 2 is 1.61 bits per heavy atom. The minimum Gasteiger partial charge on any atom is -0.454 e. The van der Waals surface area contributed by atoms with Crippen molar-refractivity contribution in [2.45, 2.75) is 19.1 Å². The summed E-state index contributed by atoms with van der Waals surface area (Å²) in [5.41, 5.74) is -0.0174. The van der Waals surface area contributed by atoms with Gasteiger partial charge in [-0.2, -0.15) is 13.2 Å². The molecular formula is C24H21F3N2O4. The minimum atomic E-state index is -4.51. The number of rotatable bonds is 7. The second kappa shape index (κ2) is 10.2. The van der Waals surface area contributed by atoms with Crippen LogP contribution in [0.1, 0.15) is 34.5 Å². The predicted molar refractivity (Wildman–Crippen MR) is 115 cm³/mol. The number of alkyl halides is 3. The lowest BCUT2D eigenvalue weighted by Crippen LogP contribution is -2.34. The lowest BCUT2D eigenvalue weighted by atomic mass is 10.00. The van der Waals surface area contributed by atoms with Gasteiger partial charge < -0.3 is 15.4 Å². The number of ether oxygens (including phenoxy) is 1. The Bertz CT molecular complexity index is 1160. The molecule has 1 atom stereocenters. The van der Waals surface area contributed by atoms with Crippen molar-refractivity contribution in [1.82, 2.24) is 10.6 Å². The molecule has 0 saturated carbocycles. The molecule has 0 aliphatic heterocycles. The first kappa shape index (κ1) is 23.8. The zero-order chi connectivity index (χ0) is 24.0. The predicted octanol–water partition coefficient (Wildman–Crippen LogP) is 4.01. The van der Waals surface area contributed by atoms with Gasteiger partial charge in [-0.1, -0.05) is 42.5 Å². The Balaban J connectivity index is 1.45. The third kappa shape index (κ3) is 6.31. The molecule has 0 spiro atoms. The molecule has 3 aromatic rings. The molecule has 9 heteroatoms. The van der Waals surface area contributed by atoms with Gasteiger partial charge in [0.1, 0.15) is 6.54 Å². The van der Waals surface area contributed by atoms with Gasteiger partial charge in [0.15, 0.2) is 6.61 Å². The van der Waals surface area contributed by atoms with Crippen LogP contribution in [0.4, 0.5) is 13.2 Å². The molecule has 0 bridgehead atoms. The van der Waals surface area contributed by atoms with Crippen molar-refractivity contribution in [1.29, 1.82) is 0 Å². The third-order valence-electron chi connectivity index (χ3n) is 4.90. The highest BCUT2D eigenvalue weighted by Gasteiger charge is 2.30. The number of nitrogens with one attached hydrogen (secondary N) is 2. The number of hydrogen-bond donors (Lipinski definition) is 2. The Kier molecular flexibility index (Phi) is 7.32. The molecule has 0 aliphatic rings. The Morgan fingerprint density at radius 3 is 2.30 bits per heavy atom. The fourth-order valence-corrected chi connectivity index (χ4v) is 3.25. The van der Waals surface area contributed by atoms with Crippen molar-refractivity contribution in [3.63, 3.8) is 0 Å². The maximum Gasteiger partial charge on any atom is 0.416 e. The van der Waals surface area contributed by atoms with Crippen molar-refractivity contribution in [2.24, 2.45) is 0 Å². The molecular weight excluding hydrogens is 437 g/mol. The summed E-state index contributed by atoms with van der Waals surface area (Å²) in [6.45, 7) is 0.738. The number of halogens is 3. The average Bonchev–Trinajstić information content (AvgIpc) is 2.80. The summed E-state index contributed by atoms with van der Waals surface area (Å²) in [6.07, 6.45) is -4.51. The van der Waals surface area contributed by atoms with E-state index in [-0.39, 0.29) is 11.6 Å². The van der Waals surface area contributed by atoms with E-state index >= 15 is 0 Å². The number of carbonyl (C=O) groups excluding carboxylic acids is 3. The number of benzene rings is 3. The molecule has 1 unspecified atom stereocenters. The van der Waals surface area contributed by atoms with Crippen LogP contribution in [0, 0.1) is 0 Å². The van der Waals surface area contributed by atoms with Crippen LogP contribution >= 0.6 is 0 Å². The normalized spacial score (nSPS) is 12.1. The van der Waals surface area contributed by atoms with Crippen LogP contribution in [0.15, 0.2) is 66.7 Å². The minimum absolute atomic E-state index is 0.0440. The molecule has 2 N–H and O–H groups in total. The van der Waals surface area contributed by atoms with Gasteiger partial charge in [0.2, 0.25) is 0 Å². The molecule has 3 rings (SSSR count). The van der Waals surface area contributed by atoms with Gasteiger partial charge in [0.25, 0.3) is 11.8 Å². The van der Waals surface area contributed by atoms with Crippen molar-refractivity contribution < 1.29 is 32.3 Å². The van der Waals surface area contributed by atoms with Gasteiger partial charge in [0, 0.05) is 5.56 Å². The van der Waals surface area contributed by atoms with E-state index in [9.17, 15) is 27.6 Å². The molecule has 33 heavy (non-hydrogen) atoms. The smallest absolute Gasteiger partial charge is 0.416 e. The van der Waals surface area contributed by atoms with E-state index in [1.807, 2.05) is 49.4 Å². The Hall–Kier alpha value is -3.88. The molecule has 0 saturated heterocycles. The van der Waals surface area contributed by atoms with Gasteiger partial charge in [-0.15, -0.1) is 0 Å². The first-order chi connectivity index (χ1) is 15.6. The SMILES string of the molecule is CC(NC(=O)COC(=O)CNC(=O)c1ccc(C(F)(F)F)cc1)c1cccc2ccccc12. The molecule has 0 aromatic heterocycles. The molecule has 0 aliphatic carbocycles. The van der Waals surface area contributed by atoms with E-state index in [1.165, 1.54) is 0 Å². The van der Waals surface area contributed by atoms with E-state index in [4.69, 9.17) is 4.74 Å². The van der Waals surface area contributed by atoms with Crippen molar-refractivity contribution >= 4 is 28.6 Å². The van der Waals surface area contributed by atoms with Crippen LogP contribution in [0.25, 0.3) is 10.8 Å². The lowest BCUT2D eigenvalue weighted by molar-refractivity contribution is -0.147. The van der Waals surface area contributed by atoms with Crippen LogP contribution in [0.3, 0.4) is 0 Å². The van der Waals surface area contributed by atoms with E-state index in [1.54, 1.807) is 0 Å². The highest BCUT2D eigenvalue weighted by atomic mass is 19.4. The largest absolute Gasteiger partial charge is 0.454 e. The molecule has 0 fully saturated rings. The van der Waals surface area contributed by atoms with Crippen LogP contribution in [-0.4, -0.2) is 30.9 Å². The molecule has 172 valence electrons. The maximum absolute atomic E-state index is 12.6. The number of esters is 1. The van der Waals surface area contributed by atoms with E-state index in [0.717, 1.165) is 40.6 Å². The van der Waals surface area contributed by atoms with Gasteiger partial charge >= 0.3 is 12.1 Å². The van der Waals surface area contributed by atoms with Gasteiger partial charge in [-0.25, -0.2) is 0 Å². The van der Waals surface area contributed by atoms with Crippen LogP contribution in [-0.2, 0) is 20.5 Å². The molecule has 3 aromatic carbocycles. The Morgan fingerprint density at radius 1 is 0.939 bits per heavy atom. The number of amides is 2. The quantitative estimate of drug-likeness (QED) is 0.524. The first-order valence-corrected chi connectivity index (χ1v) is 10.0. The monoisotopic (exact) mass is 458 g/mol. The summed E-state index contributed by atoms with van der Waals surface area (Å²) in [4.78, 5) is 36.0. The second-order valence-corrected chi connectivity index (χ2v) is 7.28. The summed E-state index contributed by atoms with van der Waals surface area (Å²) in [5.74, 6) is -2.12. The molecule has 6 nitrogen and oxygen atoms in total. The van der Waals surface area contributed by atoms with Crippen LogP contribution < -0.4 is 10.6 Å². The number of hydrogen-bond acceptors (Lipinski definition) is 4. The lowest BCUT2D eigenvalue weighted by Gasteiger charge is -2.16. The number of fused-ring (bicyclic) bond motifs is 1. The summed E-state index contributed by atoms with van der Waals surface area (Å²) in [7, 11) is 0. The summed E-state index contributed by atoms with van der Waals surface area (Å²) in [6, 6.07) is 16.7. The van der Waals surface area contributed by atoms with E-state index in [2.05, 4.69) is 10.6 Å². The first-order valence-electron chi connectivity index (χ1n) is 10.0. The fourth-order valence-electron chi connectivity index (χ4n) is 3.25. The standard InChI is InChI=1S/C24H21F3N2O4/c1-15(19-8-4-6-16-5-2-3-7-20(16)19)29-21(30)14-33-22(31)13-28-23(32)17-9-11-18(12-10-17)24(25,26)27/h2-12,15H,13-14H2,1H3,(H,28,32)(H,29,30). The molecule has 2 amide bonds. The van der Waals surface area contributed by atoms with Crippen LogP contribution in [0.2, 0.25) is 0 Å². The zero-order valence-corrected chi connectivity index (χ0v) is 17.6. The van der Waals surface area contributed by atoms with Gasteiger partial charge in [-0.05, 0) is 47.5 Å². The molecule has 0 radical (unpaired) electrons. The van der Waals surface area contributed by atoms with Crippen LogP contribution in [0.5, 0.6) is 0 Å². The van der Waals surface area contributed by atoms with Crippen molar-refractivity contribution in [2.75, 3.05) is 13.2 Å². The third-order valence-corrected chi connectivity index (χ3v) is 4.90.